The minimum absolute atomic E-state index is 0.343. The zero-order valence-corrected chi connectivity index (χ0v) is 18.8. The quantitative estimate of drug-likeness (QED) is 0.279. The molecule has 0 fully saturated rings. The monoisotopic (exact) mass is 490 g/mol. The Labute approximate surface area is 198 Å². The molecule has 3 aromatic heterocycles. The minimum atomic E-state index is -1.28. The zero-order chi connectivity index (χ0) is 23.5. The number of nitrogens with zero attached hydrogens (tertiary/aromatic N) is 4. The number of aromatic nitrogens is 2. The molecule has 0 atom stereocenters. The van der Waals surface area contributed by atoms with Gasteiger partial charge in [-0.1, -0.05) is 12.1 Å². The topological polar surface area (TPSA) is 148 Å². The molecule has 33 heavy (non-hydrogen) atoms. The Bertz CT molecular complexity index is 1450. The van der Waals surface area contributed by atoms with Gasteiger partial charge in [-0.05, 0) is 36.4 Å². The maximum atomic E-state index is 11.1. The van der Waals surface area contributed by atoms with Crippen LogP contribution < -0.4 is 0 Å². The highest BCUT2D eigenvalue weighted by Gasteiger charge is 2.16. The van der Waals surface area contributed by atoms with E-state index in [2.05, 4.69) is 8.75 Å². The molecule has 0 saturated heterocycles. The van der Waals surface area contributed by atoms with Crippen molar-refractivity contribution < 1.29 is 19.8 Å². The molecule has 0 radical (unpaired) electrons. The summed E-state index contributed by atoms with van der Waals surface area (Å²) >= 11 is 3.74. The molecule has 0 aliphatic carbocycles. The van der Waals surface area contributed by atoms with E-state index >= 15 is 0 Å². The number of fused-ring (bicyclic) bond motifs is 1. The SMILES string of the molecule is N#C/C(=C/c1ccc(-c2ccc(-c3ccc(/C=C(\C#N)C(=O)O)s3)c3nsnc23)s1)C(=O)O. The lowest BCUT2D eigenvalue weighted by atomic mass is 10.1. The van der Waals surface area contributed by atoms with Crippen LogP contribution in [0.4, 0.5) is 0 Å². The number of thiophene rings is 2. The Morgan fingerprint density at radius 1 is 0.758 bits per heavy atom. The summed E-state index contributed by atoms with van der Waals surface area (Å²) in [6.45, 7) is 0. The molecule has 0 spiro atoms. The average molecular weight is 491 g/mol. The summed E-state index contributed by atoms with van der Waals surface area (Å²) in [6.07, 6.45) is 2.66. The molecule has 11 heteroatoms. The third-order valence-corrected chi connectivity index (χ3v) is 7.13. The van der Waals surface area contributed by atoms with Gasteiger partial charge in [-0.2, -0.15) is 19.3 Å². The van der Waals surface area contributed by atoms with E-state index in [1.165, 1.54) is 34.8 Å². The Hall–Kier alpha value is -4.16. The second kappa shape index (κ2) is 9.14. The highest BCUT2D eigenvalue weighted by atomic mass is 32.1. The molecule has 2 N–H and O–H groups in total. The number of carboxylic acid groups (broad SMARTS) is 2. The number of nitriles is 2. The van der Waals surface area contributed by atoms with Gasteiger partial charge in [0.1, 0.15) is 34.3 Å². The first-order valence-corrected chi connectivity index (χ1v) is 11.4. The largest absolute Gasteiger partial charge is 0.477 e. The van der Waals surface area contributed by atoms with Crippen molar-refractivity contribution in [1.29, 1.82) is 10.5 Å². The Balaban J connectivity index is 1.73. The van der Waals surface area contributed by atoms with Gasteiger partial charge in [0.25, 0.3) is 0 Å². The van der Waals surface area contributed by atoms with Crippen LogP contribution >= 0.6 is 34.4 Å². The number of carboxylic acids is 2. The predicted octanol–water partition coefficient (Wildman–Crippen LogP) is 5.13. The minimum Gasteiger partial charge on any atom is -0.477 e. The van der Waals surface area contributed by atoms with Gasteiger partial charge in [-0.25, -0.2) is 9.59 Å². The molecule has 0 amide bonds. The molecule has 3 heterocycles. The lowest BCUT2D eigenvalue weighted by molar-refractivity contribution is -0.133. The molecular weight excluding hydrogens is 480 g/mol. The number of aliphatic carboxylic acids is 2. The van der Waals surface area contributed by atoms with Gasteiger partial charge in [-0.15, -0.1) is 22.7 Å². The van der Waals surface area contributed by atoms with E-state index in [1.807, 2.05) is 24.3 Å². The third kappa shape index (κ3) is 4.42. The van der Waals surface area contributed by atoms with Gasteiger partial charge in [-0.3, -0.25) is 0 Å². The van der Waals surface area contributed by atoms with Gasteiger partial charge in [0.2, 0.25) is 0 Å². The van der Waals surface area contributed by atoms with Crippen LogP contribution in [-0.4, -0.2) is 30.9 Å². The van der Waals surface area contributed by atoms with Crippen molar-refractivity contribution in [3.8, 4) is 33.0 Å². The summed E-state index contributed by atoms with van der Waals surface area (Å²) in [5.41, 5.74) is 2.34. The molecule has 0 bridgehead atoms. The molecule has 0 aliphatic heterocycles. The number of benzene rings is 1. The van der Waals surface area contributed by atoms with E-state index in [9.17, 15) is 9.59 Å². The fraction of sp³-hybridized carbons (Fsp3) is 0. The van der Waals surface area contributed by atoms with Crippen molar-refractivity contribution in [2.24, 2.45) is 0 Å². The van der Waals surface area contributed by atoms with Crippen LogP contribution in [0.1, 0.15) is 9.75 Å². The predicted molar refractivity (Wildman–Crippen MR) is 126 cm³/mol. The highest BCUT2D eigenvalue weighted by molar-refractivity contribution is 7.17. The second-order valence-corrected chi connectivity index (χ2v) is 9.24. The number of rotatable bonds is 6. The molecule has 1 aromatic carbocycles. The normalized spacial score (nSPS) is 11.8. The summed E-state index contributed by atoms with van der Waals surface area (Å²) < 4.78 is 8.87. The Morgan fingerprint density at radius 2 is 1.18 bits per heavy atom. The van der Waals surface area contributed by atoms with Crippen LogP contribution in [0.2, 0.25) is 0 Å². The molecule has 0 saturated carbocycles. The van der Waals surface area contributed by atoms with E-state index < -0.39 is 11.9 Å². The maximum Gasteiger partial charge on any atom is 0.346 e. The van der Waals surface area contributed by atoms with E-state index in [-0.39, 0.29) is 11.1 Å². The number of hydrogen-bond donors (Lipinski definition) is 2. The van der Waals surface area contributed by atoms with Crippen LogP contribution in [0.25, 0.3) is 44.1 Å². The maximum absolute atomic E-state index is 11.1. The molecule has 4 rings (SSSR count). The van der Waals surface area contributed by atoms with E-state index in [0.29, 0.717) is 20.8 Å². The van der Waals surface area contributed by atoms with Crippen molar-refractivity contribution >= 4 is 69.5 Å². The van der Waals surface area contributed by atoms with E-state index in [0.717, 1.165) is 32.6 Å². The van der Waals surface area contributed by atoms with Gasteiger partial charge in [0.15, 0.2) is 0 Å². The summed E-state index contributed by atoms with van der Waals surface area (Å²) in [4.78, 5) is 25.1. The van der Waals surface area contributed by atoms with Crippen molar-refractivity contribution in [2.75, 3.05) is 0 Å². The first kappa shape index (κ1) is 22.0. The first-order chi connectivity index (χ1) is 15.9. The van der Waals surface area contributed by atoms with Gasteiger partial charge < -0.3 is 10.2 Å². The van der Waals surface area contributed by atoms with Crippen molar-refractivity contribution in [2.45, 2.75) is 0 Å². The Kier molecular flexibility index (Phi) is 6.11. The summed E-state index contributed by atoms with van der Waals surface area (Å²) in [7, 11) is 0. The lowest BCUT2D eigenvalue weighted by Crippen LogP contribution is -1.96. The molecule has 0 unspecified atom stereocenters. The lowest BCUT2D eigenvalue weighted by Gasteiger charge is -2.03. The third-order valence-electron chi connectivity index (χ3n) is 4.47. The zero-order valence-electron chi connectivity index (χ0n) is 16.3. The smallest absolute Gasteiger partial charge is 0.346 e. The number of carbonyl (C=O) groups is 2. The van der Waals surface area contributed by atoms with Gasteiger partial charge in [0.05, 0.1) is 11.7 Å². The molecule has 4 aromatic rings. The van der Waals surface area contributed by atoms with Crippen LogP contribution in [0.5, 0.6) is 0 Å². The van der Waals surface area contributed by atoms with E-state index in [4.69, 9.17) is 20.7 Å². The molecule has 160 valence electrons. The van der Waals surface area contributed by atoms with Crippen LogP contribution in [-0.2, 0) is 9.59 Å². The Morgan fingerprint density at radius 3 is 1.55 bits per heavy atom. The molecule has 8 nitrogen and oxygen atoms in total. The fourth-order valence-corrected chi connectivity index (χ4v) is 5.51. The van der Waals surface area contributed by atoms with Crippen LogP contribution in [0.15, 0.2) is 47.5 Å². The fourth-order valence-electron chi connectivity index (χ4n) is 2.98. The van der Waals surface area contributed by atoms with Crippen LogP contribution in [0.3, 0.4) is 0 Å². The van der Waals surface area contributed by atoms with Crippen molar-refractivity contribution in [1.82, 2.24) is 8.75 Å². The van der Waals surface area contributed by atoms with Crippen molar-refractivity contribution in [3.05, 3.63) is 57.3 Å². The van der Waals surface area contributed by atoms with E-state index in [1.54, 1.807) is 24.3 Å². The van der Waals surface area contributed by atoms with Gasteiger partial charge >= 0.3 is 11.9 Å². The molecular formula is C22H10N4O4S3. The summed E-state index contributed by atoms with van der Waals surface area (Å²) in [6, 6.07) is 14.3. The molecule has 0 aliphatic rings. The standard InChI is InChI=1S/C22H10N4O4S3/c23-9-11(21(27)28)7-13-1-5-17(31-13)15-3-4-16(20-19(15)25-33-26-20)18-6-2-14(32-18)8-12(10-24)22(29)30/h1-8H,(H,27,28)(H,29,30)/b11-7-,12-8+. The first-order valence-electron chi connectivity index (χ1n) is 9.07. The van der Waals surface area contributed by atoms with Gasteiger partial charge in [0, 0.05) is 30.6 Å². The summed E-state index contributed by atoms with van der Waals surface area (Å²) in [5, 5.41) is 36.0. The second-order valence-electron chi connectivity index (χ2n) is 6.48. The highest BCUT2D eigenvalue weighted by Crippen LogP contribution is 2.39. The van der Waals surface area contributed by atoms with Crippen molar-refractivity contribution in [3.63, 3.8) is 0 Å². The number of hydrogen-bond acceptors (Lipinski definition) is 9. The summed E-state index contributed by atoms with van der Waals surface area (Å²) in [5.74, 6) is -2.56. The average Bonchev–Trinajstić information content (AvgIpc) is 3.55. The van der Waals surface area contributed by atoms with Crippen LogP contribution in [0, 0.1) is 22.7 Å².